The number of halogens is 2. The fourth-order valence-corrected chi connectivity index (χ4v) is 4.88. The fourth-order valence-electron chi connectivity index (χ4n) is 4.88. The van der Waals surface area contributed by atoms with E-state index in [1.807, 2.05) is 0 Å². The third-order valence-electron chi connectivity index (χ3n) is 6.35. The van der Waals surface area contributed by atoms with Crippen LogP contribution in [0.1, 0.15) is 68.0 Å². The zero-order valence-electron chi connectivity index (χ0n) is 20.0. The molecule has 1 heterocycles. The van der Waals surface area contributed by atoms with Gasteiger partial charge < -0.3 is 10.4 Å². The molecule has 0 spiro atoms. The van der Waals surface area contributed by atoms with Crippen LogP contribution in [0.2, 0.25) is 0 Å². The van der Waals surface area contributed by atoms with Gasteiger partial charge in [0.25, 0.3) is 0 Å². The minimum atomic E-state index is -0.863. The highest BCUT2D eigenvalue weighted by atomic mass is 19.1. The highest BCUT2D eigenvalue weighted by Crippen LogP contribution is 2.32. The van der Waals surface area contributed by atoms with E-state index in [1.165, 1.54) is 39.8 Å². The van der Waals surface area contributed by atoms with Crippen LogP contribution in [0.25, 0.3) is 0 Å². The molecule has 0 bridgehead atoms. The molecule has 34 heavy (non-hydrogen) atoms. The average Bonchev–Trinajstić information content (AvgIpc) is 3.28. The van der Waals surface area contributed by atoms with Gasteiger partial charge in [-0.3, -0.25) is 0 Å². The smallest absolute Gasteiger partial charge is 0.138 e. The van der Waals surface area contributed by atoms with E-state index < -0.39 is 23.8 Å². The lowest BCUT2D eigenvalue weighted by molar-refractivity contribution is 0.0988. The van der Waals surface area contributed by atoms with Crippen molar-refractivity contribution >= 4 is 0 Å². The Kier molecular flexibility index (Phi) is 7.38. The third kappa shape index (κ3) is 6.24. The van der Waals surface area contributed by atoms with Crippen LogP contribution < -0.4 is 5.32 Å². The highest BCUT2D eigenvalue weighted by molar-refractivity contribution is 5.36. The predicted octanol–water partition coefficient (Wildman–Crippen LogP) is 4.35. The Morgan fingerprint density at radius 1 is 1.12 bits per heavy atom. The number of nitrogens with zero attached hydrogens (tertiary/aromatic N) is 4. The standard InChI is InChI=1S/C26H33F2N5O/c1-26(2,3)14-17-7-8-19-5-4-6-23(22(19)11-17)29-15-25(34)24(33-16-30-31-32-33)12-18-9-20(27)13-21(28)10-18/h7-11,13,16,23-25,29,34H,4-6,12,14-15H2,1-3H3. The lowest BCUT2D eigenvalue weighted by atomic mass is 9.82. The topological polar surface area (TPSA) is 75.9 Å². The molecule has 1 aliphatic carbocycles. The number of aliphatic hydroxyl groups excluding tert-OH is 1. The maximum Gasteiger partial charge on any atom is 0.138 e. The van der Waals surface area contributed by atoms with Crippen molar-refractivity contribution in [2.45, 2.75) is 71.1 Å². The molecule has 1 aliphatic rings. The summed E-state index contributed by atoms with van der Waals surface area (Å²) in [6.07, 6.45) is 4.88. The van der Waals surface area contributed by atoms with Crippen molar-refractivity contribution in [2.75, 3.05) is 6.54 Å². The van der Waals surface area contributed by atoms with Crippen LogP contribution in [0.3, 0.4) is 0 Å². The Balaban J connectivity index is 1.49. The second-order valence-electron chi connectivity index (χ2n) is 10.5. The zero-order chi connectivity index (χ0) is 24.3. The van der Waals surface area contributed by atoms with Gasteiger partial charge in [0.05, 0.1) is 12.1 Å². The number of benzene rings is 2. The molecule has 2 aromatic carbocycles. The fraction of sp³-hybridized carbons (Fsp3) is 0.500. The molecule has 0 saturated carbocycles. The van der Waals surface area contributed by atoms with Crippen LogP contribution in [-0.2, 0) is 19.3 Å². The molecule has 8 heteroatoms. The number of hydrogen-bond donors (Lipinski definition) is 2. The van der Waals surface area contributed by atoms with Crippen LogP contribution in [-0.4, -0.2) is 38.0 Å². The van der Waals surface area contributed by atoms with Gasteiger partial charge in [-0.25, -0.2) is 13.5 Å². The number of tetrazole rings is 1. The van der Waals surface area contributed by atoms with E-state index in [9.17, 15) is 13.9 Å². The summed E-state index contributed by atoms with van der Waals surface area (Å²) in [5.74, 6) is -1.30. The molecule has 0 aliphatic heterocycles. The van der Waals surface area contributed by atoms with Crippen molar-refractivity contribution in [3.63, 3.8) is 0 Å². The molecule has 0 amide bonds. The number of hydrogen-bond acceptors (Lipinski definition) is 5. The van der Waals surface area contributed by atoms with E-state index in [0.29, 0.717) is 12.1 Å². The summed E-state index contributed by atoms with van der Waals surface area (Å²) < 4.78 is 28.9. The first-order chi connectivity index (χ1) is 16.2. The summed E-state index contributed by atoms with van der Waals surface area (Å²) in [6.45, 7) is 7.02. The zero-order valence-corrected chi connectivity index (χ0v) is 20.0. The molecular formula is C26H33F2N5O. The number of aryl methyl sites for hydroxylation is 1. The molecule has 2 N–H and O–H groups in total. The Hall–Kier alpha value is -2.71. The van der Waals surface area contributed by atoms with E-state index in [2.05, 4.69) is 59.8 Å². The molecule has 3 aromatic rings. The van der Waals surface area contributed by atoms with Gasteiger partial charge in [0.15, 0.2) is 0 Å². The van der Waals surface area contributed by atoms with Crippen molar-refractivity contribution in [3.05, 3.63) is 76.6 Å². The molecule has 182 valence electrons. The summed E-state index contributed by atoms with van der Waals surface area (Å²) in [5.41, 5.74) is 4.61. The normalized spacial score (nSPS) is 17.9. The molecular weight excluding hydrogens is 436 g/mol. The van der Waals surface area contributed by atoms with Crippen molar-refractivity contribution in [1.82, 2.24) is 25.5 Å². The molecule has 6 nitrogen and oxygen atoms in total. The highest BCUT2D eigenvalue weighted by Gasteiger charge is 2.27. The summed E-state index contributed by atoms with van der Waals surface area (Å²) in [6, 6.07) is 9.72. The van der Waals surface area contributed by atoms with Crippen molar-refractivity contribution < 1.29 is 13.9 Å². The number of aromatic nitrogens is 4. The van der Waals surface area contributed by atoms with Crippen molar-refractivity contribution in [2.24, 2.45) is 5.41 Å². The van der Waals surface area contributed by atoms with Gasteiger partial charge in [-0.1, -0.05) is 39.0 Å². The molecule has 0 fully saturated rings. The summed E-state index contributed by atoms with van der Waals surface area (Å²) in [7, 11) is 0. The average molecular weight is 470 g/mol. The van der Waals surface area contributed by atoms with Crippen LogP contribution >= 0.6 is 0 Å². The van der Waals surface area contributed by atoms with Crippen LogP contribution in [0.4, 0.5) is 8.78 Å². The number of rotatable bonds is 8. The van der Waals surface area contributed by atoms with E-state index in [-0.39, 0.29) is 17.9 Å². The summed E-state index contributed by atoms with van der Waals surface area (Å²) >= 11 is 0. The molecule has 1 aromatic heterocycles. The number of fused-ring (bicyclic) bond motifs is 1. The molecule has 0 saturated heterocycles. The lowest BCUT2D eigenvalue weighted by Crippen LogP contribution is -2.38. The third-order valence-corrected chi connectivity index (χ3v) is 6.35. The van der Waals surface area contributed by atoms with Gasteiger partial charge in [0, 0.05) is 18.7 Å². The first kappa shape index (κ1) is 24.4. The summed E-state index contributed by atoms with van der Waals surface area (Å²) in [5, 5.41) is 25.9. The Labute approximate surface area is 199 Å². The van der Waals surface area contributed by atoms with E-state index >= 15 is 0 Å². The predicted molar refractivity (Wildman–Crippen MR) is 126 cm³/mol. The van der Waals surface area contributed by atoms with Crippen LogP contribution in [0.15, 0.2) is 42.7 Å². The minimum absolute atomic E-state index is 0.138. The first-order valence-electron chi connectivity index (χ1n) is 11.9. The molecule has 0 radical (unpaired) electrons. The molecule has 4 rings (SSSR count). The van der Waals surface area contributed by atoms with Gasteiger partial charge >= 0.3 is 0 Å². The molecule has 3 atom stereocenters. The SMILES string of the molecule is CC(C)(C)Cc1ccc2c(c1)C(NCC(O)C(Cc1cc(F)cc(F)c1)n1cnnn1)CCC2. The van der Waals surface area contributed by atoms with Gasteiger partial charge in [-0.05, 0) is 82.3 Å². The summed E-state index contributed by atoms with van der Waals surface area (Å²) in [4.78, 5) is 0. The second kappa shape index (κ2) is 10.3. The Morgan fingerprint density at radius 2 is 1.88 bits per heavy atom. The van der Waals surface area contributed by atoms with Gasteiger partial charge in [0.2, 0.25) is 0 Å². The van der Waals surface area contributed by atoms with E-state index in [1.54, 1.807) is 0 Å². The Morgan fingerprint density at radius 3 is 2.56 bits per heavy atom. The maximum atomic E-state index is 13.7. The van der Waals surface area contributed by atoms with Gasteiger partial charge in [0.1, 0.15) is 18.0 Å². The molecule has 3 unspecified atom stereocenters. The van der Waals surface area contributed by atoms with E-state index in [4.69, 9.17) is 0 Å². The van der Waals surface area contributed by atoms with Gasteiger partial charge in [-0.15, -0.1) is 5.10 Å². The van der Waals surface area contributed by atoms with E-state index in [0.717, 1.165) is 31.7 Å². The van der Waals surface area contributed by atoms with Crippen molar-refractivity contribution in [1.29, 1.82) is 0 Å². The monoisotopic (exact) mass is 469 g/mol. The first-order valence-corrected chi connectivity index (χ1v) is 11.9. The minimum Gasteiger partial charge on any atom is -0.390 e. The Bertz CT molecular complexity index is 1080. The quantitative estimate of drug-likeness (QED) is 0.513. The number of nitrogens with one attached hydrogen (secondary N) is 1. The maximum absolute atomic E-state index is 13.7. The number of aliphatic hydroxyl groups is 1. The second-order valence-corrected chi connectivity index (χ2v) is 10.5. The lowest BCUT2D eigenvalue weighted by Gasteiger charge is -2.30. The van der Waals surface area contributed by atoms with Crippen molar-refractivity contribution in [3.8, 4) is 0 Å². The van der Waals surface area contributed by atoms with Gasteiger partial charge in [-0.2, -0.15) is 0 Å². The van der Waals surface area contributed by atoms with Crippen LogP contribution in [0.5, 0.6) is 0 Å². The largest absolute Gasteiger partial charge is 0.390 e. The van der Waals surface area contributed by atoms with Crippen LogP contribution in [0, 0.1) is 17.0 Å².